The Hall–Kier alpha value is -3.34. The summed E-state index contributed by atoms with van der Waals surface area (Å²) in [5, 5.41) is 19.5. The molecule has 0 fully saturated rings. The summed E-state index contributed by atoms with van der Waals surface area (Å²) in [4.78, 5) is 13.1. The highest BCUT2D eigenvalue weighted by atomic mass is 19.1. The lowest BCUT2D eigenvalue weighted by molar-refractivity contribution is -0.118. The summed E-state index contributed by atoms with van der Waals surface area (Å²) in [7, 11) is 0. The molecule has 4 rings (SSSR count). The number of ether oxygens (including phenoxy) is 1. The van der Waals surface area contributed by atoms with Crippen molar-refractivity contribution < 1.29 is 13.9 Å². The fourth-order valence-corrected chi connectivity index (χ4v) is 3.73. The number of nitrogens with one attached hydrogen (secondary N) is 2. The average Bonchev–Trinajstić information content (AvgIpc) is 3.13. The average molecular weight is 353 g/mol. The van der Waals surface area contributed by atoms with Gasteiger partial charge in [0, 0.05) is 16.9 Å². The molecule has 7 nitrogen and oxygen atoms in total. The number of halogens is 1. The Labute approximate surface area is 148 Å². The molecule has 0 unspecified atom stereocenters. The Morgan fingerprint density at radius 1 is 1.46 bits per heavy atom. The van der Waals surface area contributed by atoms with Gasteiger partial charge in [0.05, 0.1) is 5.56 Å². The summed E-state index contributed by atoms with van der Waals surface area (Å²) in [5.41, 5.74) is 6.18. The molecule has 1 atom stereocenters. The van der Waals surface area contributed by atoms with Crippen LogP contribution in [-0.4, -0.2) is 16.1 Å². The molecule has 1 aromatic carbocycles. The van der Waals surface area contributed by atoms with Crippen LogP contribution in [-0.2, 0) is 16.6 Å². The number of H-pyrrole nitrogens is 1. The number of benzene rings is 1. The smallest absolute Gasteiger partial charge is 0.245 e. The molecule has 0 saturated heterocycles. The van der Waals surface area contributed by atoms with Crippen molar-refractivity contribution in [2.75, 3.05) is 5.32 Å². The largest absolute Gasteiger partial charge is 0.420 e. The molecule has 4 N–H and O–H groups in total. The first kappa shape index (κ1) is 16.1. The zero-order chi connectivity index (χ0) is 18.5. The van der Waals surface area contributed by atoms with Crippen LogP contribution in [0.5, 0.6) is 5.88 Å². The van der Waals surface area contributed by atoms with Crippen molar-refractivity contribution in [2.24, 2.45) is 5.73 Å². The standard InChI is InChI=1S/C18H16FN5O2/c1-2-3-4-13-14-16(24-23-13)26-15(21)11(8-20)18(14)10-7-9(19)5-6-12(10)22-17(18)25/h5-7H,2-4,21H2,1H3,(H,22,25)(H,23,24)/t18-/m1/s1. The lowest BCUT2D eigenvalue weighted by atomic mass is 9.68. The van der Waals surface area contributed by atoms with E-state index in [0.29, 0.717) is 28.9 Å². The quantitative estimate of drug-likeness (QED) is 0.782. The summed E-state index contributed by atoms with van der Waals surface area (Å²) in [6.45, 7) is 2.04. The van der Waals surface area contributed by atoms with E-state index in [0.717, 1.165) is 12.8 Å². The van der Waals surface area contributed by atoms with E-state index in [-0.39, 0.29) is 17.3 Å². The van der Waals surface area contributed by atoms with Crippen molar-refractivity contribution >= 4 is 11.6 Å². The fourth-order valence-electron chi connectivity index (χ4n) is 3.73. The summed E-state index contributed by atoms with van der Waals surface area (Å²) >= 11 is 0. The van der Waals surface area contributed by atoms with Crippen molar-refractivity contribution in [3.63, 3.8) is 0 Å². The highest BCUT2D eigenvalue weighted by molar-refractivity contribution is 6.12. The van der Waals surface area contributed by atoms with Gasteiger partial charge in [0.2, 0.25) is 17.7 Å². The lowest BCUT2D eigenvalue weighted by Crippen LogP contribution is -2.42. The third-order valence-electron chi connectivity index (χ3n) is 4.88. The summed E-state index contributed by atoms with van der Waals surface area (Å²) < 4.78 is 19.5. The number of carbonyl (C=O) groups excluding carboxylic acids is 1. The zero-order valence-corrected chi connectivity index (χ0v) is 14.0. The van der Waals surface area contributed by atoms with E-state index in [2.05, 4.69) is 15.5 Å². The molecule has 26 heavy (non-hydrogen) atoms. The minimum Gasteiger partial charge on any atom is -0.420 e. The van der Waals surface area contributed by atoms with Crippen LogP contribution < -0.4 is 15.8 Å². The molecule has 0 saturated carbocycles. The lowest BCUT2D eigenvalue weighted by Gasteiger charge is -2.31. The number of nitriles is 1. The second kappa shape index (κ2) is 5.59. The normalized spacial score (nSPS) is 20.4. The number of unbranched alkanes of at least 4 members (excludes halogenated alkanes) is 1. The predicted octanol–water partition coefficient (Wildman–Crippen LogP) is 2.22. The number of aryl methyl sites for hydroxylation is 1. The van der Waals surface area contributed by atoms with E-state index >= 15 is 0 Å². The maximum absolute atomic E-state index is 14.0. The first-order chi connectivity index (χ1) is 12.5. The Balaban J connectivity index is 2.07. The predicted molar refractivity (Wildman–Crippen MR) is 90.5 cm³/mol. The first-order valence-corrected chi connectivity index (χ1v) is 8.31. The highest BCUT2D eigenvalue weighted by Gasteiger charge is 2.58. The van der Waals surface area contributed by atoms with Gasteiger partial charge in [-0.05, 0) is 31.0 Å². The van der Waals surface area contributed by atoms with Crippen LogP contribution in [0.3, 0.4) is 0 Å². The number of carbonyl (C=O) groups is 1. The van der Waals surface area contributed by atoms with E-state index in [1.165, 1.54) is 18.2 Å². The van der Waals surface area contributed by atoms with Crippen LogP contribution in [0, 0.1) is 17.1 Å². The van der Waals surface area contributed by atoms with Gasteiger partial charge in [-0.15, -0.1) is 5.10 Å². The van der Waals surface area contributed by atoms with Gasteiger partial charge >= 0.3 is 0 Å². The van der Waals surface area contributed by atoms with Crippen LogP contribution in [0.15, 0.2) is 29.7 Å². The topological polar surface area (TPSA) is 117 Å². The van der Waals surface area contributed by atoms with Crippen molar-refractivity contribution in [2.45, 2.75) is 31.6 Å². The Morgan fingerprint density at radius 3 is 3.00 bits per heavy atom. The second-order valence-corrected chi connectivity index (χ2v) is 6.33. The number of hydrogen-bond donors (Lipinski definition) is 3. The molecular formula is C18H16FN5O2. The molecule has 0 bridgehead atoms. The molecule has 2 aliphatic rings. The van der Waals surface area contributed by atoms with Crippen LogP contribution in [0.2, 0.25) is 0 Å². The molecular weight excluding hydrogens is 337 g/mol. The van der Waals surface area contributed by atoms with Crippen LogP contribution in [0.1, 0.15) is 36.6 Å². The first-order valence-electron chi connectivity index (χ1n) is 8.31. The van der Waals surface area contributed by atoms with Gasteiger partial charge in [0.25, 0.3) is 0 Å². The highest BCUT2D eigenvalue weighted by Crippen LogP contribution is 2.53. The van der Waals surface area contributed by atoms with E-state index in [1.807, 2.05) is 13.0 Å². The zero-order valence-electron chi connectivity index (χ0n) is 14.0. The number of hydrogen-bond acceptors (Lipinski definition) is 5. The Bertz CT molecular complexity index is 1000. The molecule has 2 aliphatic heterocycles. The van der Waals surface area contributed by atoms with E-state index < -0.39 is 17.1 Å². The SMILES string of the molecule is CCCCc1[nH]nc2c1[C@]1(C(=O)Nc3ccc(F)cc31)C(C#N)=C(N)O2. The van der Waals surface area contributed by atoms with Gasteiger partial charge in [0.1, 0.15) is 22.9 Å². The van der Waals surface area contributed by atoms with Crippen molar-refractivity contribution in [1.29, 1.82) is 5.26 Å². The molecule has 132 valence electrons. The number of fused-ring (bicyclic) bond motifs is 4. The Morgan fingerprint density at radius 2 is 2.27 bits per heavy atom. The number of nitrogens with two attached hydrogens (primary N) is 1. The van der Waals surface area contributed by atoms with Gasteiger partial charge in [-0.2, -0.15) is 5.26 Å². The third kappa shape index (κ3) is 1.91. The number of aromatic nitrogens is 2. The summed E-state index contributed by atoms with van der Waals surface area (Å²) in [5.74, 6) is -1.05. The number of aromatic amines is 1. The van der Waals surface area contributed by atoms with E-state index in [1.54, 1.807) is 0 Å². The number of rotatable bonds is 3. The van der Waals surface area contributed by atoms with Gasteiger partial charge in [-0.1, -0.05) is 13.3 Å². The molecule has 1 amide bonds. The molecule has 1 aromatic heterocycles. The van der Waals surface area contributed by atoms with Gasteiger partial charge in [0.15, 0.2) is 0 Å². The number of anilines is 1. The van der Waals surface area contributed by atoms with Crippen LogP contribution >= 0.6 is 0 Å². The summed E-state index contributed by atoms with van der Waals surface area (Å²) in [6.07, 6.45) is 2.39. The maximum Gasteiger partial charge on any atom is 0.245 e. The van der Waals surface area contributed by atoms with Crippen molar-refractivity contribution in [1.82, 2.24) is 10.2 Å². The summed E-state index contributed by atoms with van der Waals surface area (Å²) in [6, 6.07) is 5.98. The fraction of sp³-hybridized carbons (Fsp3) is 0.278. The number of amides is 1. The molecule has 1 spiro atoms. The molecule has 0 aliphatic carbocycles. The monoisotopic (exact) mass is 353 g/mol. The minimum absolute atomic E-state index is 0.0639. The van der Waals surface area contributed by atoms with Gasteiger partial charge in [-0.3, -0.25) is 9.89 Å². The number of nitrogens with zero attached hydrogens (tertiary/aromatic N) is 2. The van der Waals surface area contributed by atoms with E-state index in [4.69, 9.17) is 10.5 Å². The van der Waals surface area contributed by atoms with E-state index in [9.17, 15) is 14.4 Å². The third-order valence-corrected chi connectivity index (χ3v) is 4.88. The molecule has 3 heterocycles. The molecule has 0 radical (unpaired) electrons. The Kier molecular flexibility index (Phi) is 3.47. The van der Waals surface area contributed by atoms with Crippen molar-refractivity contribution in [3.05, 3.63) is 52.3 Å². The van der Waals surface area contributed by atoms with Gasteiger partial charge < -0.3 is 15.8 Å². The maximum atomic E-state index is 14.0. The molecule has 8 heteroatoms. The van der Waals surface area contributed by atoms with Gasteiger partial charge in [-0.25, -0.2) is 4.39 Å². The minimum atomic E-state index is -1.57. The van der Waals surface area contributed by atoms with Crippen LogP contribution in [0.4, 0.5) is 10.1 Å². The van der Waals surface area contributed by atoms with Crippen molar-refractivity contribution in [3.8, 4) is 11.9 Å². The van der Waals surface area contributed by atoms with Crippen LogP contribution in [0.25, 0.3) is 0 Å². The molecule has 2 aromatic rings. The second-order valence-electron chi connectivity index (χ2n) is 6.33.